The normalized spacial score (nSPS) is 17.1. The number of amides is 1. The van der Waals surface area contributed by atoms with E-state index in [2.05, 4.69) is 53.9 Å². The third kappa shape index (κ3) is 3.39. The van der Waals surface area contributed by atoms with E-state index in [-0.39, 0.29) is 11.9 Å². The molecule has 3 aromatic carbocycles. The molecule has 144 valence electrons. The molecule has 0 bridgehead atoms. The number of hydrogen-bond acceptors (Lipinski definition) is 2. The number of aryl methyl sites for hydroxylation is 1. The first kappa shape index (κ1) is 17.9. The molecule has 0 spiro atoms. The van der Waals surface area contributed by atoms with Gasteiger partial charge < -0.3 is 5.32 Å². The number of para-hydroxylation sites is 2. The molecule has 2 aliphatic rings. The predicted octanol–water partition coefficient (Wildman–Crippen LogP) is 5.50. The third-order valence-electron chi connectivity index (χ3n) is 5.92. The van der Waals surface area contributed by atoms with Crippen LogP contribution in [-0.4, -0.2) is 12.5 Å². The Morgan fingerprint density at radius 3 is 2.21 bits per heavy atom. The average molecular weight is 380 g/mol. The van der Waals surface area contributed by atoms with Crippen molar-refractivity contribution in [2.75, 3.05) is 11.4 Å². The number of rotatable bonds is 3. The average Bonchev–Trinajstić information content (AvgIpc) is 2.94. The van der Waals surface area contributed by atoms with Crippen molar-refractivity contribution in [2.24, 2.45) is 0 Å². The molecule has 3 aromatic rings. The molecule has 0 fully saturated rings. The molecule has 1 aliphatic heterocycles. The molecule has 3 heteroatoms. The fourth-order valence-corrected chi connectivity index (χ4v) is 4.50. The first-order valence-corrected chi connectivity index (χ1v) is 10.3. The lowest BCUT2D eigenvalue weighted by Gasteiger charge is -2.29. The highest BCUT2D eigenvalue weighted by atomic mass is 16.2. The lowest BCUT2D eigenvalue weighted by Crippen LogP contribution is -2.38. The van der Waals surface area contributed by atoms with Crippen LogP contribution in [0.2, 0.25) is 0 Å². The standard InChI is InChI=1S/C26H24N2O/c29-26(18-27-23-13-7-11-19-8-1-4-12-22(19)23)28-24-14-5-2-9-20(24)16-17-21-10-3-6-15-25(21)28/h1-6,8-10,12,14-17,23,27H,7,11,13,18H2. The van der Waals surface area contributed by atoms with E-state index in [1.54, 1.807) is 0 Å². The van der Waals surface area contributed by atoms with Gasteiger partial charge in [0.2, 0.25) is 5.91 Å². The van der Waals surface area contributed by atoms with Crippen molar-refractivity contribution in [2.45, 2.75) is 25.3 Å². The predicted molar refractivity (Wildman–Crippen MR) is 119 cm³/mol. The summed E-state index contributed by atoms with van der Waals surface area (Å²) in [7, 11) is 0. The van der Waals surface area contributed by atoms with Crippen LogP contribution in [0.3, 0.4) is 0 Å². The monoisotopic (exact) mass is 380 g/mol. The Hall–Kier alpha value is -3.17. The van der Waals surface area contributed by atoms with Crippen molar-refractivity contribution in [1.82, 2.24) is 5.32 Å². The number of carbonyl (C=O) groups excluding carboxylic acids is 1. The van der Waals surface area contributed by atoms with Gasteiger partial charge in [-0.15, -0.1) is 0 Å². The topological polar surface area (TPSA) is 32.3 Å². The van der Waals surface area contributed by atoms with Crippen molar-refractivity contribution < 1.29 is 4.79 Å². The molecule has 29 heavy (non-hydrogen) atoms. The van der Waals surface area contributed by atoms with Crippen molar-refractivity contribution in [3.63, 3.8) is 0 Å². The number of nitrogens with one attached hydrogen (secondary N) is 1. The summed E-state index contributed by atoms with van der Waals surface area (Å²) in [6.45, 7) is 0.307. The third-order valence-corrected chi connectivity index (χ3v) is 5.92. The van der Waals surface area contributed by atoms with Crippen molar-refractivity contribution in [1.29, 1.82) is 0 Å². The molecule has 1 amide bonds. The number of carbonyl (C=O) groups is 1. The van der Waals surface area contributed by atoms with Crippen LogP contribution < -0.4 is 10.2 Å². The van der Waals surface area contributed by atoms with E-state index in [0.29, 0.717) is 6.54 Å². The summed E-state index contributed by atoms with van der Waals surface area (Å²) < 4.78 is 0. The van der Waals surface area contributed by atoms with Crippen LogP contribution in [0.25, 0.3) is 12.2 Å². The van der Waals surface area contributed by atoms with Crippen LogP contribution in [0.5, 0.6) is 0 Å². The maximum Gasteiger partial charge on any atom is 0.245 e. The van der Waals surface area contributed by atoms with E-state index in [0.717, 1.165) is 41.8 Å². The highest BCUT2D eigenvalue weighted by molar-refractivity contribution is 6.07. The molecule has 1 unspecified atom stereocenters. The first-order valence-electron chi connectivity index (χ1n) is 10.3. The fourth-order valence-electron chi connectivity index (χ4n) is 4.50. The number of nitrogens with zero attached hydrogens (tertiary/aromatic N) is 1. The van der Waals surface area contributed by atoms with Gasteiger partial charge in [-0.25, -0.2) is 0 Å². The lowest BCUT2D eigenvalue weighted by atomic mass is 9.88. The van der Waals surface area contributed by atoms with Gasteiger partial charge in [0.25, 0.3) is 0 Å². The maximum absolute atomic E-state index is 13.5. The minimum atomic E-state index is 0.0663. The Balaban J connectivity index is 1.44. The van der Waals surface area contributed by atoms with Crippen molar-refractivity contribution in [3.05, 3.63) is 95.1 Å². The van der Waals surface area contributed by atoms with E-state index in [1.165, 1.54) is 11.1 Å². The molecule has 0 saturated carbocycles. The van der Waals surface area contributed by atoms with Crippen molar-refractivity contribution >= 4 is 29.4 Å². The van der Waals surface area contributed by atoms with Crippen LogP contribution >= 0.6 is 0 Å². The quantitative estimate of drug-likeness (QED) is 0.650. The van der Waals surface area contributed by atoms with Crippen LogP contribution in [0.15, 0.2) is 72.8 Å². The summed E-state index contributed by atoms with van der Waals surface area (Å²) in [5, 5.41) is 3.55. The van der Waals surface area contributed by atoms with Gasteiger partial charge in [0.05, 0.1) is 17.9 Å². The van der Waals surface area contributed by atoms with E-state index in [1.807, 2.05) is 41.3 Å². The Bertz CT molecular complexity index is 1040. The van der Waals surface area contributed by atoms with Gasteiger partial charge in [-0.2, -0.15) is 0 Å². The highest BCUT2D eigenvalue weighted by Crippen LogP contribution is 2.36. The van der Waals surface area contributed by atoms with Gasteiger partial charge in [-0.1, -0.05) is 72.8 Å². The Labute approximate surface area is 171 Å². The molecule has 1 N–H and O–H groups in total. The minimum absolute atomic E-state index is 0.0663. The molecule has 1 heterocycles. The van der Waals surface area contributed by atoms with E-state index in [9.17, 15) is 4.79 Å². The molecule has 1 atom stereocenters. The van der Waals surface area contributed by atoms with E-state index in [4.69, 9.17) is 0 Å². The Morgan fingerprint density at radius 1 is 0.862 bits per heavy atom. The zero-order chi connectivity index (χ0) is 19.6. The first-order chi connectivity index (χ1) is 14.3. The second-order valence-corrected chi connectivity index (χ2v) is 7.70. The maximum atomic E-state index is 13.5. The fraction of sp³-hybridized carbons (Fsp3) is 0.192. The van der Waals surface area contributed by atoms with Gasteiger partial charge in [0.1, 0.15) is 0 Å². The number of benzene rings is 3. The minimum Gasteiger partial charge on any atom is -0.301 e. The second kappa shape index (κ2) is 7.69. The Kier molecular flexibility index (Phi) is 4.74. The SMILES string of the molecule is O=C(CNC1CCCc2ccccc21)N1c2ccccc2C=Cc2ccccc21. The molecule has 0 saturated heterocycles. The summed E-state index contributed by atoms with van der Waals surface area (Å²) in [5.41, 5.74) is 6.72. The number of hydrogen-bond donors (Lipinski definition) is 1. The lowest BCUT2D eigenvalue weighted by molar-refractivity contribution is -0.117. The van der Waals surface area contributed by atoms with Crippen molar-refractivity contribution in [3.8, 4) is 0 Å². The summed E-state index contributed by atoms with van der Waals surface area (Å²) in [6, 6.07) is 25.0. The second-order valence-electron chi connectivity index (χ2n) is 7.70. The van der Waals surface area contributed by atoms with Crippen LogP contribution in [0.1, 0.15) is 41.1 Å². The zero-order valence-electron chi connectivity index (χ0n) is 16.3. The van der Waals surface area contributed by atoms with E-state index < -0.39 is 0 Å². The molecular weight excluding hydrogens is 356 g/mol. The summed E-state index contributed by atoms with van der Waals surface area (Å²) in [5.74, 6) is 0.0663. The summed E-state index contributed by atoms with van der Waals surface area (Å²) in [4.78, 5) is 15.3. The largest absolute Gasteiger partial charge is 0.301 e. The van der Waals surface area contributed by atoms with Gasteiger partial charge in [-0.3, -0.25) is 9.69 Å². The van der Waals surface area contributed by atoms with Gasteiger partial charge in [0, 0.05) is 6.04 Å². The molecular formula is C26H24N2O. The summed E-state index contributed by atoms with van der Waals surface area (Å²) in [6.07, 6.45) is 7.53. The molecule has 3 nitrogen and oxygen atoms in total. The Morgan fingerprint density at radius 2 is 1.48 bits per heavy atom. The van der Waals surface area contributed by atoms with Gasteiger partial charge in [-0.05, 0) is 53.6 Å². The summed E-state index contributed by atoms with van der Waals surface area (Å²) >= 11 is 0. The number of anilines is 2. The van der Waals surface area contributed by atoms with Crippen LogP contribution in [-0.2, 0) is 11.2 Å². The van der Waals surface area contributed by atoms with E-state index >= 15 is 0 Å². The smallest absolute Gasteiger partial charge is 0.245 e. The molecule has 0 radical (unpaired) electrons. The molecule has 1 aliphatic carbocycles. The zero-order valence-corrected chi connectivity index (χ0v) is 16.3. The van der Waals surface area contributed by atoms with Crippen LogP contribution in [0, 0.1) is 0 Å². The molecule has 5 rings (SSSR count). The van der Waals surface area contributed by atoms with Gasteiger partial charge in [0.15, 0.2) is 0 Å². The van der Waals surface area contributed by atoms with Crippen LogP contribution in [0.4, 0.5) is 11.4 Å². The highest BCUT2D eigenvalue weighted by Gasteiger charge is 2.25. The van der Waals surface area contributed by atoms with Gasteiger partial charge >= 0.3 is 0 Å². The number of fused-ring (bicyclic) bond motifs is 3. The molecule has 0 aromatic heterocycles.